The molecule has 0 aliphatic carbocycles. The number of hydrogen-bond acceptors (Lipinski definition) is 5. The number of aliphatic carboxylic acids is 1. The molecule has 0 saturated carbocycles. The first-order valence-corrected chi connectivity index (χ1v) is 13.7. The third kappa shape index (κ3) is 8.51. The topological polar surface area (TPSA) is 128 Å². The number of carboxylic acids is 1. The molecule has 4 N–H and O–H groups in total. The van der Waals surface area contributed by atoms with E-state index in [2.05, 4.69) is 16.0 Å². The lowest BCUT2D eigenvalue weighted by Crippen LogP contribution is -2.40. The maximum atomic E-state index is 12.9. The Bertz CT molecular complexity index is 1490. The smallest absolute Gasteiger partial charge is 0.320 e. The third-order valence-electron chi connectivity index (χ3n) is 6.21. The fourth-order valence-corrected chi connectivity index (χ4v) is 5.03. The maximum absolute atomic E-state index is 12.9. The summed E-state index contributed by atoms with van der Waals surface area (Å²) in [7, 11) is 1.49. The fraction of sp³-hybridized carbons (Fsp3) is 0.161. The van der Waals surface area contributed by atoms with Crippen molar-refractivity contribution in [2.45, 2.75) is 19.0 Å². The largest absolute Gasteiger partial charge is 0.481 e. The van der Waals surface area contributed by atoms with Gasteiger partial charge in [-0.3, -0.25) is 19.7 Å². The van der Waals surface area contributed by atoms with Crippen LogP contribution in [0.2, 0.25) is 0 Å². The summed E-state index contributed by atoms with van der Waals surface area (Å²) in [6.45, 7) is 0.0942. The monoisotopic (exact) mass is 570 g/mol. The summed E-state index contributed by atoms with van der Waals surface area (Å²) in [6, 6.07) is 28.6. The summed E-state index contributed by atoms with van der Waals surface area (Å²) in [5, 5.41) is 18.1. The second-order valence-electron chi connectivity index (χ2n) is 9.32. The fourth-order valence-electron chi connectivity index (χ4n) is 4.13. The van der Waals surface area contributed by atoms with E-state index in [0.29, 0.717) is 22.0 Å². The number of anilines is 1. The number of carbonyl (C=O) groups is 4. The molecule has 0 aliphatic heterocycles. The molecule has 1 heterocycles. The van der Waals surface area contributed by atoms with Crippen LogP contribution in [0.25, 0.3) is 11.1 Å². The van der Waals surface area contributed by atoms with Crippen molar-refractivity contribution in [3.63, 3.8) is 0 Å². The van der Waals surface area contributed by atoms with Gasteiger partial charge in [0.25, 0.3) is 5.91 Å². The van der Waals surface area contributed by atoms with Gasteiger partial charge >= 0.3 is 12.0 Å². The average molecular weight is 571 g/mol. The highest BCUT2D eigenvalue weighted by Gasteiger charge is 2.22. The van der Waals surface area contributed by atoms with Crippen molar-refractivity contribution in [3.8, 4) is 11.1 Å². The van der Waals surface area contributed by atoms with Crippen molar-refractivity contribution in [2.75, 3.05) is 18.9 Å². The SMILES string of the molecule is CN(CC(=O)NC(CC(=O)O)c1ccc(-c2ccccc2)cc1)C(=O)c1ccc(NC(=O)NCc2ccccc2)s1. The second-order valence-corrected chi connectivity index (χ2v) is 10.4. The van der Waals surface area contributed by atoms with Crippen molar-refractivity contribution < 1.29 is 24.3 Å². The Balaban J connectivity index is 1.31. The molecule has 9 nitrogen and oxygen atoms in total. The Morgan fingerprint density at radius 1 is 0.829 bits per heavy atom. The molecule has 0 fully saturated rings. The van der Waals surface area contributed by atoms with Gasteiger partial charge in [-0.05, 0) is 34.4 Å². The lowest BCUT2D eigenvalue weighted by molar-refractivity contribution is -0.137. The Morgan fingerprint density at radius 3 is 2.12 bits per heavy atom. The van der Waals surface area contributed by atoms with Crippen LogP contribution < -0.4 is 16.0 Å². The van der Waals surface area contributed by atoms with Gasteiger partial charge in [0, 0.05) is 13.6 Å². The molecular weight excluding hydrogens is 540 g/mol. The van der Waals surface area contributed by atoms with E-state index < -0.39 is 29.9 Å². The zero-order valence-corrected chi connectivity index (χ0v) is 23.2. The van der Waals surface area contributed by atoms with Crippen molar-refractivity contribution in [1.29, 1.82) is 0 Å². The molecule has 41 heavy (non-hydrogen) atoms. The normalized spacial score (nSPS) is 11.2. The molecule has 4 amide bonds. The predicted molar refractivity (Wildman–Crippen MR) is 159 cm³/mol. The van der Waals surface area contributed by atoms with Crippen LogP contribution in [0.5, 0.6) is 0 Å². The Morgan fingerprint density at radius 2 is 1.46 bits per heavy atom. The number of nitrogens with one attached hydrogen (secondary N) is 3. The van der Waals surface area contributed by atoms with Gasteiger partial charge in [0.05, 0.1) is 28.9 Å². The molecule has 4 rings (SSSR count). The number of hydrogen-bond donors (Lipinski definition) is 4. The molecule has 0 spiro atoms. The van der Waals surface area contributed by atoms with Gasteiger partial charge in [0.15, 0.2) is 0 Å². The van der Waals surface area contributed by atoms with E-state index in [1.807, 2.05) is 72.8 Å². The highest BCUT2D eigenvalue weighted by molar-refractivity contribution is 7.18. The van der Waals surface area contributed by atoms with Crippen molar-refractivity contribution >= 4 is 40.2 Å². The zero-order valence-electron chi connectivity index (χ0n) is 22.4. The van der Waals surface area contributed by atoms with Gasteiger partial charge in [-0.1, -0.05) is 84.9 Å². The number of urea groups is 1. The van der Waals surface area contributed by atoms with E-state index in [9.17, 15) is 24.3 Å². The molecular formula is C31H30N4O5S. The molecule has 210 valence electrons. The molecule has 4 aromatic rings. The quantitative estimate of drug-likeness (QED) is 0.199. The van der Waals surface area contributed by atoms with Crippen LogP contribution in [0.15, 0.2) is 97.1 Å². The summed E-state index contributed by atoms with van der Waals surface area (Å²) < 4.78 is 0. The molecule has 1 atom stereocenters. The Hall–Kier alpha value is -4.96. The number of nitrogens with zero attached hydrogens (tertiary/aromatic N) is 1. The number of amides is 4. The second kappa shape index (κ2) is 13.9. The number of carbonyl (C=O) groups excluding carboxylic acids is 3. The van der Waals surface area contributed by atoms with E-state index in [0.717, 1.165) is 28.0 Å². The zero-order chi connectivity index (χ0) is 29.2. The first-order valence-electron chi connectivity index (χ1n) is 12.9. The van der Waals surface area contributed by atoms with E-state index in [1.165, 1.54) is 11.9 Å². The van der Waals surface area contributed by atoms with Gasteiger partial charge in [-0.25, -0.2) is 4.79 Å². The minimum atomic E-state index is -1.06. The third-order valence-corrected chi connectivity index (χ3v) is 7.20. The van der Waals surface area contributed by atoms with E-state index in [1.54, 1.807) is 24.3 Å². The van der Waals surface area contributed by atoms with Crippen LogP contribution in [0.1, 0.15) is 33.3 Å². The lowest BCUT2D eigenvalue weighted by atomic mass is 9.99. The van der Waals surface area contributed by atoms with Crippen LogP contribution in [-0.2, 0) is 16.1 Å². The molecule has 0 aliphatic rings. The number of thiophene rings is 1. The molecule has 1 aromatic heterocycles. The minimum Gasteiger partial charge on any atom is -0.481 e. The summed E-state index contributed by atoms with van der Waals surface area (Å²) in [4.78, 5) is 51.1. The van der Waals surface area contributed by atoms with Crippen LogP contribution in [0.3, 0.4) is 0 Å². The predicted octanol–water partition coefficient (Wildman–Crippen LogP) is 5.14. The summed E-state index contributed by atoms with van der Waals surface area (Å²) in [6.07, 6.45) is -0.305. The number of benzene rings is 3. The molecule has 0 bridgehead atoms. The molecule has 0 saturated heterocycles. The standard InChI is InChI=1S/C31H30N4O5S/c1-35(30(39)26-16-17-28(41-26)34-31(40)32-19-21-8-4-2-5-9-21)20-27(36)33-25(18-29(37)38)24-14-12-23(13-15-24)22-10-6-3-7-11-22/h2-17,25H,18-20H2,1H3,(H,33,36)(H,37,38)(H2,32,34,40). The van der Waals surface area contributed by atoms with Crippen molar-refractivity contribution in [3.05, 3.63) is 113 Å². The highest BCUT2D eigenvalue weighted by atomic mass is 32.1. The Labute approximate surface area is 241 Å². The highest BCUT2D eigenvalue weighted by Crippen LogP contribution is 2.25. The molecule has 1 unspecified atom stereocenters. The Kier molecular flexibility index (Phi) is 9.85. The minimum absolute atomic E-state index is 0.269. The summed E-state index contributed by atoms with van der Waals surface area (Å²) in [5.41, 5.74) is 3.60. The van der Waals surface area contributed by atoms with E-state index in [4.69, 9.17) is 0 Å². The van der Waals surface area contributed by atoms with Gasteiger partial charge < -0.3 is 20.6 Å². The van der Waals surface area contributed by atoms with Crippen molar-refractivity contribution in [2.24, 2.45) is 0 Å². The van der Waals surface area contributed by atoms with Gasteiger partial charge in [-0.15, -0.1) is 11.3 Å². The summed E-state index contributed by atoms with van der Waals surface area (Å²) >= 11 is 1.09. The van der Waals surface area contributed by atoms with Crippen LogP contribution in [0.4, 0.5) is 9.80 Å². The number of rotatable bonds is 11. The van der Waals surface area contributed by atoms with Gasteiger partial charge in [0.2, 0.25) is 5.91 Å². The number of carboxylic acid groups (broad SMARTS) is 1. The molecule has 3 aromatic carbocycles. The first kappa shape index (κ1) is 29.0. The van der Waals surface area contributed by atoms with Crippen LogP contribution >= 0.6 is 11.3 Å². The van der Waals surface area contributed by atoms with Gasteiger partial charge in [-0.2, -0.15) is 0 Å². The van der Waals surface area contributed by atoms with Gasteiger partial charge in [0.1, 0.15) is 0 Å². The van der Waals surface area contributed by atoms with Crippen LogP contribution in [-0.4, -0.2) is 47.4 Å². The van der Waals surface area contributed by atoms with Crippen molar-refractivity contribution in [1.82, 2.24) is 15.5 Å². The maximum Gasteiger partial charge on any atom is 0.320 e. The summed E-state index contributed by atoms with van der Waals surface area (Å²) in [5.74, 6) is -1.95. The molecule has 10 heteroatoms. The van der Waals surface area contributed by atoms with E-state index >= 15 is 0 Å². The first-order chi connectivity index (χ1) is 19.8. The number of likely N-dealkylation sites (N-methyl/N-ethyl adjacent to an activating group) is 1. The average Bonchev–Trinajstić information content (AvgIpc) is 3.44. The molecule has 0 radical (unpaired) electrons. The van der Waals surface area contributed by atoms with Crippen LogP contribution in [0, 0.1) is 0 Å². The lowest BCUT2D eigenvalue weighted by Gasteiger charge is -2.21. The van der Waals surface area contributed by atoms with E-state index in [-0.39, 0.29) is 13.0 Å².